The number of carbonyl (C=O) groups is 1. The van der Waals surface area contributed by atoms with Gasteiger partial charge in [0.05, 0.1) is 36.6 Å². The van der Waals surface area contributed by atoms with E-state index in [1.807, 2.05) is 54.6 Å². The fourth-order valence-corrected chi connectivity index (χ4v) is 7.14. The van der Waals surface area contributed by atoms with Gasteiger partial charge in [-0.2, -0.15) is 0 Å². The van der Waals surface area contributed by atoms with Gasteiger partial charge in [-0.15, -0.1) is 0 Å². The van der Waals surface area contributed by atoms with Crippen LogP contribution in [0.15, 0.2) is 88.6 Å². The fraction of sp³-hybridized carbons (Fsp3) is 0.353. The van der Waals surface area contributed by atoms with E-state index >= 15 is 0 Å². The number of hydrogen-bond donors (Lipinski definition) is 2. The highest BCUT2D eigenvalue weighted by atomic mass is 32.2. The van der Waals surface area contributed by atoms with Crippen molar-refractivity contribution in [3.8, 4) is 22.7 Å². The van der Waals surface area contributed by atoms with Crippen LogP contribution < -0.4 is 25.4 Å². The number of methoxy groups -OCH3 is 1. The molecule has 3 heterocycles. The molecule has 0 radical (unpaired) electrons. The smallest absolute Gasteiger partial charge is 0.333 e. The molecule has 0 unspecified atom stereocenters. The number of hydrogen-bond acceptors (Lipinski definition) is 8. The van der Waals surface area contributed by atoms with Gasteiger partial charge >= 0.3 is 5.69 Å². The van der Waals surface area contributed by atoms with E-state index in [2.05, 4.69) is 14.9 Å². The van der Waals surface area contributed by atoms with Gasteiger partial charge in [0.25, 0.3) is 5.91 Å². The first-order valence-electron chi connectivity index (χ1n) is 15.9. The van der Waals surface area contributed by atoms with E-state index in [1.54, 1.807) is 21.6 Å². The Morgan fingerprint density at radius 3 is 2.38 bits per heavy atom. The molecule has 0 bridgehead atoms. The molecule has 2 fully saturated rings. The summed E-state index contributed by atoms with van der Waals surface area (Å²) in [5.41, 5.74) is 2.77. The Hall–Kier alpha value is -4.43. The molecule has 0 aliphatic carbocycles. The summed E-state index contributed by atoms with van der Waals surface area (Å²) in [6.45, 7) is 5.26. The number of sulfonamides is 1. The number of morpholine rings is 1. The van der Waals surface area contributed by atoms with E-state index < -0.39 is 10.0 Å². The minimum atomic E-state index is -3.82. The lowest BCUT2D eigenvalue weighted by Crippen LogP contribution is -2.47. The summed E-state index contributed by atoms with van der Waals surface area (Å²) in [5, 5.41) is 3.28. The second-order valence-corrected chi connectivity index (χ2v) is 13.2. The van der Waals surface area contributed by atoms with Crippen LogP contribution in [0.25, 0.3) is 16.9 Å². The molecule has 2 aliphatic heterocycles. The highest BCUT2D eigenvalue weighted by molar-refractivity contribution is 7.89. The number of nitrogens with one attached hydrogen (secondary N) is 2. The van der Waals surface area contributed by atoms with Crippen molar-refractivity contribution in [2.45, 2.75) is 17.9 Å². The van der Waals surface area contributed by atoms with Gasteiger partial charge in [0, 0.05) is 69.7 Å². The number of nitrogens with zero attached hydrogens (tertiary/aromatic N) is 4. The SMILES string of the molecule is COc1cccc(S(=O)(=O)NCCCn2c(C(=O)N3CCNCC3)c(-c3ccccc3)n(-c3cccc(N4CCOCC4)c3)c2=O)c1. The van der Waals surface area contributed by atoms with Gasteiger partial charge < -0.3 is 24.6 Å². The molecule has 1 amide bonds. The van der Waals surface area contributed by atoms with Crippen molar-refractivity contribution in [3.63, 3.8) is 0 Å². The van der Waals surface area contributed by atoms with Crippen LogP contribution in [0.3, 0.4) is 0 Å². The van der Waals surface area contributed by atoms with Crippen molar-refractivity contribution < 1.29 is 22.7 Å². The van der Waals surface area contributed by atoms with Crippen LogP contribution in [0.5, 0.6) is 5.75 Å². The standard InChI is InChI=1S/C34H40N6O6S/c1-45-29-12-6-13-30(25-29)47(43,44)36-14-7-17-39-32(33(41)38-18-15-35-16-19-38)31(26-8-3-2-4-9-26)40(34(39)42)28-11-5-10-27(24-28)37-20-22-46-23-21-37/h2-6,8-13,24-25,35-36H,7,14-23H2,1H3. The molecule has 248 valence electrons. The van der Waals surface area contributed by atoms with Crippen molar-refractivity contribution >= 4 is 21.6 Å². The number of anilines is 1. The molecule has 2 saturated heterocycles. The third-order valence-electron chi connectivity index (χ3n) is 8.46. The van der Waals surface area contributed by atoms with Crippen LogP contribution in [0.2, 0.25) is 0 Å². The van der Waals surface area contributed by atoms with Gasteiger partial charge in [0.15, 0.2) is 0 Å². The molecular formula is C34H40N6O6S. The normalized spacial score (nSPS) is 15.5. The minimum absolute atomic E-state index is 0.0611. The summed E-state index contributed by atoms with van der Waals surface area (Å²) >= 11 is 0. The Kier molecular flexibility index (Phi) is 10.1. The van der Waals surface area contributed by atoms with Crippen LogP contribution in [0.4, 0.5) is 5.69 Å². The third kappa shape index (κ3) is 7.13. The topological polar surface area (TPSA) is 127 Å². The Labute approximate surface area is 274 Å². The summed E-state index contributed by atoms with van der Waals surface area (Å²) in [6, 6.07) is 23.5. The minimum Gasteiger partial charge on any atom is -0.497 e. The molecule has 4 aromatic rings. The van der Waals surface area contributed by atoms with E-state index in [0.29, 0.717) is 56.5 Å². The van der Waals surface area contributed by atoms with Crippen LogP contribution in [0.1, 0.15) is 16.9 Å². The number of aromatic nitrogens is 2. The maximum Gasteiger partial charge on any atom is 0.333 e. The predicted octanol–water partition coefficient (Wildman–Crippen LogP) is 2.57. The van der Waals surface area contributed by atoms with E-state index in [-0.39, 0.29) is 41.7 Å². The molecule has 0 atom stereocenters. The number of piperazine rings is 1. The number of ether oxygens (including phenoxy) is 2. The molecule has 6 rings (SSSR count). The molecular weight excluding hydrogens is 620 g/mol. The monoisotopic (exact) mass is 660 g/mol. The molecule has 2 N–H and O–H groups in total. The fourth-order valence-electron chi connectivity index (χ4n) is 6.03. The van der Waals surface area contributed by atoms with Crippen LogP contribution in [-0.4, -0.2) is 94.5 Å². The van der Waals surface area contributed by atoms with Crippen molar-refractivity contribution in [3.05, 3.63) is 95.0 Å². The average Bonchev–Trinajstić information content (AvgIpc) is 3.42. The van der Waals surface area contributed by atoms with Crippen LogP contribution >= 0.6 is 0 Å². The van der Waals surface area contributed by atoms with Gasteiger partial charge in [-0.25, -0.2) is 17.9 Å². The van der Waals surface area contributed by atoms with Crippen LogP contribution in [0, 0.1) is 0 Å². The summed E-state index contributed by atoms with van der Waals surface area (Å²) < 4.78 is 42.5. The molecule has 47 heavy (non-hydrogen) atoms. The first kappa shape index (κ1) is 32.5. The Balaban J connectivity index is 1.39. The lowest BCUT2D eigenvalue weighted by atomic mass is 10.1. The number of rotatable bonds is 11. The van der Waals surface area contributed by atoms with Gasteiger partial charge in [-0.05, 0) is 36.8 Å². The van der Waals surface area contributed by atoms with Gasteiger partial charge in [-0.3, -0.25) is 13.9 Å². The summed E-state index contributed by atoms with van der Waals surface area (Å²) in [4.78, 5) is 32.9. The average molecular weight is 661 g/mol. The zero-order valence-electron chi connectivity index (χ0n) is 26.4. The lowest BCUT2D eigenvalue weighted by molar-refractivity contribution is 0.0725. The molecule has 12 nitrogen and oxygen atoms in total. The first-order valence-corrected chi connectivity index (χ1v) is 17.3. The van der Waals surface area contributed by atoms with Crippen molar-refractivity contribution in [2.75, 3.05) is 71.0 Å². The molecule has 1 aromatic heterocycles. The molecule has 2 aliphatic rings. The summed E-state index contributed by atoms with van der Waals surface area (Å²) in [7, 11) is -2.35. The van der Waals surface area contributed by atoms with Gasteiger partial charge in [0.1, 0.15) is 11.4 Å². The molecule has 3 aromatic carbocycles. The second kappa shape index (κ2) is 14.6. The maximum atomic E-state index is 14.5. The first-order chi connectivity index (χ1) is 22.9. The van der Waals surface area contributed by atoms with Crippen LogP contribution in [-0.2, 0) is 21.3 Å². The Morgan fingerprint density at radius 1 is 0.915 bits per heavy atom. The van der Waals surface area contributed by atoms with Gasteiger partial charge in [0.2, 0.25) is 10.0 Å². The molecule has 0 spiro atoms. The quantitative estimate of drug-likeness (QED) is 0.235. The summed E-state index contributed by atoms with van der Waals surface area (Å²) in [5.74, 6) is 0.200. The van der Waals surface area contributed by atoms with Crippen molar-refractivity contribution in [1.82, 2.24) is 24.1 Å². The van der Waals surface area contributed by atoms with E-state index in [1.165, 1.54) is 23.8 Å². The highest BCUT2D eigenvalue weighted by Gasteiger charge is 2.31. The number of amides is 1. The van der Waals surface area contributed by atoms with E-state index in [4.69, 9.17) is 9.47 Å². The molecule has 13 heteroatoms. The number of benzene rings is 3. The zero-order chi connectivity index (χ0) is 32.8. The van der Waals surface area contributed by atoms with Crippen molar-refractivity contribution in [2.24, 2.45) is 0 Å². The summed E-state index contributed by atoms with van der Waals surface area (Å²) in [6.07, 6.45) is 0.275. The van der Waals surface area contributed by atoms with E-state index in [9.17, 15) is 18.0 Å². The lowest BCUT2D eigenvalue weighted by Gasteiger charge is -2.29. The predicted molar refractivity (Wildman–Crippen MR) is 180 cm³/mol. The highest BCUT2D eigenvalue weighted by Crippen LogP contribution is 2.29. The largest absolute Gasteiger partial charge is 0.497 e. The zero-order valence-corrected chi connectivity index (χ0v) is 27.2. The number of carbonyl (C=O) groups excluding carboxylic acids is 1. The molecule has 0 saturated carbocycles. The van der Waals surface area contributed by atoms with Crippen molar-refractivity contribution in [1.29, 1.82) is 0 Å². The van der Waals surface area contributed by atoms with Gasteiger partial charge in [-0.1, -0.05) is 42.5 Å². The third-order valence-corrected chi connectivity index (χ3v) is 9.92. The Morgan fingerprint density at radius 2 is 1.64 bits per heavy atom. The Bertz CT molecular complexity index is 1860. The maximum absolute atomic E-state index is 14.5. The van der Waals surface area contributed by atoms with E-state index in [0.717, 1.165) is 24.3 Å². The number of imidazole rings is 1. The second-order valence-electron chi connectivity index (χ2n) is 11.4.